The molecule has 154 valence electrons. The van der Waals surface area contributed by atoms with Gasteiger partial charge in [-0.1, -0.05) is 84.9 Å². The first-order valence-corrected chi connectivity index (χ1v) is 9.94. The van der Waals surface area contributed by atoms with Crippen LogP contribution < -0.4 is 11.1 Å². The Hall–Kier alpha value is -3.44. The van der Waals surface area contributed by atoms with Crippen molar-refractivity contribution in [3.63, 3.8) is 0 Å². The van der Waals surface area contributed by atoms with Crippen LogP contribution in [0.4, 0.5) is 0 Å². The van der Waals surface area contributed by atoms with Crippen LogP contribution in [0.15, 0.2) is 84.9 Å². The Bertz CT molecular complexity index is 957. The minimum atomic E-state index is -0.771. The molecule has 0 saturated heterocycles. The average Bonchev–Trinajstić information content (AvgIpc) is 2.79. The summed E-state index contributed by atoms with van der Waals surface area (Å²) in [5.41, 5.74) is 10.1. The predicted molar refractivity (Wildman–Crippen MR) is 117 cm³/mol. The molecule has 0 aliphatic heterocycles. The summed E-state index contributed by atoms with van der Waals surface area (Å²) in [4.78, 5) is 24.5. The molecule has 3 aromatic carbocycles. The van der Waals surface area contributed by atoms with E-state index in [1.54, 1.807) is 6.92 Å². The molecular weight excluding hydrogens is 376 g/mol. The molecule has 0 unspecified atom stereocenters. The van der Waals surface area contributed by atoms with Crippen LogP contribution in [0, 0.1) is 0 Å². The van der Waals surface area contributed by atoms with Gasteiger partial charge in [0.1, 0.15) is 12.6 Å². The Balaban J connectivity index is 1.48. The molecule has 0 saturated carbocycles. The summed E-state index contributed by atoms with van der Waals surface area (Å²) in [5.74, 6) is -0.877. The molecule has 0 aromatic heterocycles. The van der Waals surface area contributed by atoms with Crippen LogP contribution in [0.5, 0.6) is 0 Å². The molecule has 0 heterocycles. The van der Waals surface area contributed by atoms with Crippen molar-refractivity contribution in [2.75, 3.05) is 0 Å². The molecule has 0 radical (unpaired) electrons. The fraction of sp³-hybridized carbons (Fsp3) is 0.200. The fourth-order valence-corrected chi connectivity index (χ4v) is 3.04. The number of benzene rings is 3. The van der Waals surface area contributed by atoms with Crippen molar-refractivity contribution in [1.82, 2.24) is 5.32 Å². The third-order valence-electron chi connectivity index (χ3n) is 4.79. The Morgan fingerprint density at radius 3 is 2.03 bits per heavy atom. The fourth-order valence-electron chi connectivity index (χ4n) is 3.04. The minimum Gasteiger partial charge on any atom is -0.459 e. The quantitative estimate of drug-likeness (QED) is 0.565. The van der Waals surface area contributed by atoms with Crippen molar-refractivity contribution < 1.29 is 14.3 Å². The van der Waals surface area contributed by atoms with E-state index < -0.39 is 18.1 Å². The number of carbonyl (C=O) groups excluding carboxylic acids is 2. The number of amides is 1. The van der Waals surface area contributed by atoms with E-state index in [2.05, 4.69) is 5.32 Å². The highest BCUT2D eigenvalue weighted by atomic mass is 16.5. The summed E-state index contributed by atoms with van der Waals surface area (Å²) in [6.45, 7) is 1.76. The highest BCUT2D eigenvalue weighted by Gasteiger charge is 2.21. The lowest BCUT2D eigenvalue weighted by atomic mass is 10.0. The lowest BCUT2D eigenvalue weighted by Crippen LogP contribution is -2.48. The standard InChI is InChI=1S/C25H26N2O3/c1-18(25(29)30-17-20-8-4-2-5-9-20)27-24(28)23(26)16-19-12-14-22(15-13-19)21-10-6-3-7-11-21/h2-15,18,23H,16-17,26H2,1H3,(H,27,28)/t18-,23-/m0/s1. The maximum Gasteiger partial charge on any atom is 0.328 e. The molecular formula is C25H26N2O3. The van der Waals surface area contributed by atoms with Crippen molar-refractivity contribution in [1.29, 1.82) is 0 Å². The summed E-state index contributed by atoms with van der Waals surface area (Å²) in [5, 5.41) is 2.63. The van der Waals surface area contributed by atoms with Crippen LogP contribution in [0.1, 0.15) is 18.1 Å². The SMILES string of the molecule is C[C@H](NC(=O)[C@@H](N)Cc1ccc(-c2ccccc2)cc1)C(=O)OCc1ccccc1. The Labute approximate surface area is 176 Å². The summed E-state index contributed by atoms with van der Waals surface area (Å²) < 4.78 is 5.25. The van der Waals surface area contributed by atoms with Gasteiger partial charge < -0.3 is 15.8 Å². The second kappa shape index (κ2) is 10.4. The van der Waals surface area contributed by atoms with Crippen molar-refractivity contribution in [3.05, 3.63) is 96.1 Å². The van der Waals surface area contributed by atoms with Gasteiger partial charge in [-0.05, 0) is 35.6 Å². The Morgan fingerprint density at radius 2 is 1.40 bits per heavy atom. The molecule has 5 heteroatoms. The van der Waals surface area contributed by atoms with Gasteiger partial charge >= 0.3 is 5.97 Å². The average molecular weight is 402 g/mol. The number of nitrogens with two attached hydrogens (primary N) is 1. The molecule has 0 bridgehead atoms. The van der Waals surface area contributed by atoms with Gasteiger partial charge in [0.2, 0.25) is 5.91 Å². The van der Waals surface area contributed by atoms with Gasteiger partial charge in [-0.2, -0.15) is 0 Å². The predicted octanol–water partition coefficient (Wildman–Crippen LogP) is 3.47. The Kier molecular flexibility index (Phi) is 7.35. The Morgan fingerprint density at radius 1 is 0.833 bits per heavy atom. The second-order valence-corrected chi connectivity index (χ2v) is 7.20. The molecule has 0 spiro atoms. The smallest absolute Gasteiger partial charge is 0.328 e. The maximum absolute atomic E-state index is 12.4. The van der Waals surface area contributed by atoms with Gasteiger partial charge in [0, 0.05) is 0 Å². The first-order chi connectivity index (χ1) is 14.5. The number of hydrogen-bond donors (Lipinski definition) is 2. The maximum atomic E-state index is 12.4. The zero-order valence-electron chi connectivity index (χ0n) is 17.0. The topological polar surface area (TPSA) is 81.4 Å². The summed E-state index contributed by atoms with van der Waals surface area (Å²) >= 11 is 0. The summed E-state index contributed by atoms with van der Waals surface area (Å²) in [7, 11) is 0. The largest absolute Gasteiger partial charge is 0.459 e. The molecule has 0 aliphatic carbocycles. The van der Waals surface area contributed by atoms with Gasteiger partial charge in [-0.3, -0.25) is 4.79 Å². The molecule has 0 fully saturated rings. The van der Waals surface area contributed by atoms with E-state index in [-0.39, 0.29) is 12.5 Å². The molecule has 30 heavy (non-hydrogen) atoms. The molecule has 1 amide bonds. The van der Waals surface area contributed by atoms with Crippen molar-refractivity contribution >= 4 is 11.9 Å². The highest BCUT2D eigenvalue weighted by molar-refractivity contribution is 5.87. The van der Waals surface area contributed by atoms with Gasteiger partial charge in [0.05, 0.1) is 6.04 Å². The molecule has 5 nitrogen and oxygen atoms in total. The molecule has 2 atom stereocenters. The minimum absolute atomic E-state index is 0.166. The number of carbonyl (C=O) groups is 2. The highest BCUT2D eigenvalue weighted by Crippen LogP contribution is 2.19. The lowest BCUT2D eigenvalue weighted by Gasteiger charge is -2.17. The first kappa shape index (κ1) is 21.3. The molecule has 3 N–H and O–H groups in total. The van der Waals surface area contributed by atoms with E-state index in [1.807, 2.05) is 84.9 Å². The zero-order valence-corrected chi connectivity index (χ0v) is 17.0. The van der Waals surface area contributed by atoms with Crippen LogP contribution in [0.3, 0.4) is 0 Å². The molecule has 0 aliphatic rings. The molecule has 3 aromatic rings. The first-order valence-electron chi connectivity index (χ1n) is 9.94. The normalized spacial score (nSPS) is 12.6. The van der Waals surface area contributed by atoms with E-state index in [0.717, 1.165) is 22.3 Å². The third-order valence-corrected chi connectivity index (χ3v) is 4.79. The number of ether oxygens (including phenoxy) is 1. The van der Waals surface area contributed by atoms with Crippen LogP contribution >= 0.6 is 0 Å². The monoisotopic (exact) mass is 402 g/mol. The lowest BCUT2D eigenvalue weighted by molar-refractivity contribution is -0.148. The van der Waals surface area contributed by atoms with Gasteiger partial charge in [0.15, 0.2) is 0 Å². The zero-order chi connectivity index (χ0) is 21.3. The van der Waals surface area contributed by atoms with Crippen LogP contribution in [-0.2, 0) is 27.4 Å². The van der Waals surface area contributed by atoms with Crippen LogP contribution in [-0.4, -0.2) is 24.0 Å². The van der Waals surface area contributed by atoms with Gasteiger partial charge in [-0.15, -0.1) is 0 Å². The third kappa shape index (κ3) is 6.03. The van der Waals surface area contributed by atoms with E-state index in [9.17, 15) is 9.59 Å². The second-order valence-electron chi connectivity index (χ2n) is 7.20. The van der Waals surface area contributed by atoms with E-state index >= 15 is 0 Å². The number of rotatable bonds is 8. The molecule has 3 rings (SSSR count). The van der Waals surface area contributed by atoms with Gasteiger partial charge in [-0.25, -0.2) is 4.79 Å². The number of nitrogens with one attached hydrogen (secondary N) is 1. The number of esters is 1. The summed E-state index contributed by atoms with van der Waals surface area (Å²) in [6, 6.07) is 25.9. The van der Waals surface area contributed by atoms with Crippen LogP contribution in [0.25, 0.3) is 11.1 Å². The van der Waals surface area contributed by atoms with Crippen molar-refractivity contribution in [2.45, 2.75) is 32.0 Å². The van der Waals surface area contributed by atoms with E-state index in [0.29, 0.717) is 6.42 Å². The van der Waals surface area contributed by atoms with Gasteiger partial charge in [0.25, 0.3) is 0 Å². The van der Waals surface area contributed by atoms with Crippen LogP contribution in [0.2, 0.25) is 0 Å². The number of hydrogen-bond acceptors (Lipinski definition) is 4. The van der Waals surface area contributed by atoms with E-state index in [1.165, 1.54) is 0 Å². The van der Waals surface area contributed by atoms with Crippen molar-refractivity contribution in [3.8, 4) is 11.1 Å². The van der Waals surface area contributed by atoms with Crippen molar-refractivity contribution in [2.24, 2.45) is 5.73 Å². The van der Waals surface area contributed by atoms with E-state index in [4.69, 9.17) is 10.5 Å². The summed E-state index contributed by atoms with van der Waals surface area (Å²) in [6.07, 6.45) is 0.382.